The number of hydrogen-bond acceptors (Lipinski definition) is 2. The lowest BCUT2D eigenvalue weighted by molar-refractivity contribution is -0.117. The van der Waals surface area contributed by atoms with Gasteiger partial charge < -0.3 is 10.2 Å². The maximum absolute atomic E-state index is 11.9. The number of nitrogens with one attached hydrogen (secondary N) is 1. The molecule has 110 valence electrons. The van der Waals surface area contributed by atoms with Crippen molar-refractivity contribution < 1.29 is 9.59 Å². The van der Waals surface area contributed by atoms with Gasteiger partial charge in [0.2, 0.25) is 11.8 Å². The molecule has 0 aliphatic rings. The minimum absolute atomic E-state index is 0.00458. The first-order chi connectivity index (χ1) is 9.41. The Kier molecular flexibility index (Phi) is 6.22. The first kappa shape index (κ1) is 16.2. The number of rotatable bonds is 6. The number of anilines is 2. The van der Waals surface area contributed by atoms with Gasteiger partial charge in [-0.2, -0.15) is 0 Å². The van der Waals surface area contributed by atoms with E-state index in [1.54, 1.807) is 7.05 Å². The third-order valence-corrected chi connectivity index (χ3v) is 3.20. The zero-order chi connectivity index (χ0) is 15.1. The molecule has 0 fully saturated rings. The number of carbonyl (C=O) groups excluding carboxylic acids is 2. The average molecular weight is 276 g/mol. The smallest absolute Gasteiger partial charge is 0.224 e. The van der Waals surface area contributed by atoms with Crippen molar-refractivity contribution in [1.29, 1.82) is 0 Å². The molecule has 1 aromatic carbocycles. The summed E-state index contributed by atoms with van der Waals surface area (Å²) in [4.78, 5) is 24.9. The Hall–Kier alpha value is -1.84. The van der Waals surface area contributed by atoms with Gasteiger partial charge in [-0.25, -0.2) is 0 Å². The van der Waals surface area contributed by atoms with Gasteiger partial charge in [0.15, 0.2) is 0 Å². The Bertz CT molecular complexity index is 469. The van der Waals surface area contributed by atoms with Crippen LogP contribution in [0.4, 0.5) is 11.4 Å². The summed E-state index contributed by atoms with van der Waals surface area (Å²) in [5, 5.41) is 2.89. The predicted molar refractivity (Wildman–Crippen MR) is 82.8 cm³/mol. The monoisotopic (exact) mass is 276 g/mol. The first-order valence-corrected chi connectivity index (χ1v) is 7.05. The summed E-state index contributed by atoms with van der Waals surface area (Å²) < 4.78 is 0. The van der Waals surface area contributed by atoms with Gasteiger partial charge in [0.05, 0.1) is 11.4 Å². The van der Waals surface area contributed by atoms with Crippen LogP contribution in [0.15, 0.2) is 24.3 Å². The molecule has 0 saturated heterocycles. The van der Waals surface area contributed by atoms with Crippen LogP contribution in [0.1, 0.15) is 40.0 Å². The summed E-state index contributed by atoms with van der Waals surface area (Å²) in [6.07, 6.45) is 2.44. The van der Waals surface area contributed by atoms with E-state index >= 15 is 0 Å². The van der Waals surface area contributed by atoms with Gasteiger partial charge in [-0.05, 0) is 24.5 Å². The SMILES string of the molecule is CC(=O)N(C)c1ccccc1NC(=O)CCCC(C)C. The Morgan fingerprint density at radius 1 is 1.25 bits per heavy atom. The van der Waals surface area contributed by atoms with Crippen molar-refractivity contribution >= 4 is 23.2 Å². The van der Waals surface area contributed by atoms with E-state index in [-0.39, 0.29) is 11.8 Å². The van der Waals surface area contributed by atoms with E-state index < -0.39 is 0 Å². The minimum atomic E-state index is -0.0634. The van der Waals surface area contributed by atoms with Gasteiger partial charge >= 0.3 is 0 Å². The molecular formula is C16H24N2O2. The maximum Gasteiger partial charge on any atom is 0.224 e. The summed E-state index contributed by atoms with van der Waals surface area (Å²) >= 11 is 0. The predicted octanol–water partition coefficient (Wildman–Crippen LogP) is 3.43. The minimum Gasteiger partial charge on any atom is -0.324 e. The van der Waals surface area contributed by atoms with Crippen LogP contribution in [0, 0.1) is 5.92 Å². The van der Waals surface area contributed by atoms with Gasteiger partial charge in [0.25, 0.3) is 0 Å². The van der Waals surface area contributed by atoms with Crippen LogP contribution in [-0.2, 0) is 9.59 Å². The van der Waals surface area contributed by atoms with Gasteiger partial charge in [0, 0.05) is 20.4 Å². The summed E-state index contributed by atoms with van der Waals surface area (Å²) in [5.74, 6) is 0.542. The van der Waals surface area contributed by atoms with Crippen LogP contribution in [-0.4, -0.2) is 18.9 Å². The van der Waals surface area contributed by atoms with Crippen molar-refractivity contribution in [3.8, 4) is 0 Å². The molecule has 0 aliphatic carbocycles. The number of benzene rings is 1. The lowest BCUT2D eigenvalue weighted by Gasteiger charge is -2.19. The highest BCUT2D eigenvalue weighted by atomic mass is 16.2. The Labute approximate surface area is 121 Å². The van der Waals surface area contributed by atoms with Crippen LogP contribution < -0.4 is 10.2 Å². The number of hydrogen-bond donors (Lipinski definition) is 1. The molecule has 4 nitrogen and oxygen atoms in total. The number of amides is 2. The highest BCUT2D eigenvalue weighted by molar-refractivity contribution is 5.99. The van der Waals surface area contributed by atoms with E-state index in [1.807, 2.05) is 24.3 Å². The Balaban J connectivity index is 2.68. The van der Waals surface area contributed by atoms with E-state index in [0.717, 1.165) is 18.5 Å². The van der Waals surface area contributed by atoms with E-state index in [4.69, 9.17) is 0 Å². The van der Waals surface area contributed by atoms with Crippen molar-refractivity contribution in [2.45, 2.75) is 40.0 Å². The Morgan fingerprint density at radius 3 is 2.50 bits per heavy atom. The van der Waals surface area contributed by atoms with Gasteiger partial charge in [-0.1, -0.05) is 32.4 Å². The zero-order valence-electron chi connectivity index (χ0n) is 12.8. The Morgan fingerprint density at radius 2 is 1.90 bits per heavy atom. The first-order valence-electron chi connectivity index (χ1n) is 7.05. The van der Waals surface area contributed by atoms with Crippen LogP contribution in [0.2, 0.25) is 0 Å². The summed E-state index contributed by atoms with van der Waals surface area (Å²) in [7, 11) is 1.70. The van der Waals surface area contributed by atoms with Crippen LogP contribution in [0.5, 0.6) is 0 Å². The molecule has 0 atom stereocenters. The summed E-state index contributed by atoms with van der Waals surface area (Å²) in [6, 6.07) is 7.34. The number of carbonyl (C=O) groups is 2. The fraction of sp³-hybridized carbons (Fsp3) is 0.500. The lowest BCUT2D eigenvalue weighted by atomic mass is 10.1. The number of para-hydroxylation sites is 2. The largest absolute Gasteiger partial charge is 0.324 e. The molecule has 0 spiro atoms. The second-order valence-electron chi connectivity index (χ2n) is 5.43. The molecule has 2 amide bonds. The van der Waals surface area contributed by atoms with Crippen LogP contribution in [0.25, 0.3) is 0 Å². The van der Waals surface area contributed by atoms with E-state index in [1.165, 1.54) is 11.8 Å². The molecule has 0 heterocycles. The maximum atomic E-state index is 11.9. The second kappa shape index (κ2) is 7.68. The highest BCUT2D eigenvalue weighted by Crippen LogP contribution is 2.25. The fourth-order valence-electron chi connectivity index (χ4n) is 1.93. The normalized spacial score (nSPS) is 10.4. The van der Waals surface area contributed by atoms with Crippen molar-refractivity contribution in [3.05, 3.63) is 24.3 Å². The van der Waals surface area contributed by atoms with Crippen molar-refractivity contribution in [1.82, 2.24) is 0 Å². The fourth-order valence-corrected chi connectivity index (χ4v) is 1.93. The molecule has 1 rings (SSSR count). The van der Waals surface area contributed by atoms with Gasteiger partial charge in [-0.3, -0.25) is 9.59 Å². The van der Waals surface area contributed by atoms with Crippen LogP contribution in [0.3, 0.4) is 0 Å². The van der Waals surface area contributed by atoms with E-state index in [2.05, 4.69) is 19.2 Å². The molecule has 20 heavy (non-hydrogen) atoms. The van der Waals surface area contributed by atoms with E-state index in [0.29, 0.717) is 18.0 Å². The molecule has 0 saturated carbocycles. The third kappa shape index (κ3) is 5.03. The number of nitrogens with zero attached hydrogens (tertiary/aromatic N) is 1. The average Bonchev–Trinajstić information content (AvgIpc) is 2.38. The zero-order valence-corrected chi connectivity index (χ0v) is 12.8. The molecule has 4 heteroatoms. The summed E-state index contributed by atoms with van der Waals surface area (Å²) in [6.45, 7) is 5.80. The molecule has 0 unspecified atom stereocenters. The van der Waals surface area contributed by atoms with Gasteiger partial charge in [-0.15, -0.1) is 0 Å². The van der Waals surface area contributed by atoms with Crippen LogP contribution >= 0.6 is 0 Å². The molecule has 0 aliphatic heterocycles. The van der Waals surface area contributed by atoms with Crippen molar-refractivity contribution in [2.24, 2.45) is 5.92 Å². The van der Waals surface area contributed by atoms with Crippen molar-refractivity contribution in [2.75, 3.05) is 17.3 Å². The highest BCUT2D eigenvalue weighted by Gasteiger charge is 2.12. The molecular weight excluding hydrogens is 252 g/mol. The third-order valence-electron chi connectivity index (χ3n) is 3.20. The molecule has 0 aromatic heterocycles. The van der Waals surface area contributed by atoms with Crippen molar-refractivity contribution in [3.63, 3.8) is 0 Å². The quantitative estimate of drug-likeness (QED) is 0.865. The molecule has 0 bridgehead atoms. The molecule has 0 radical (unpaired) electrons. The summed E-state index contributed by atoms with van der Waals surface area (Å²) in [5.41, 5.74) is 1.40. The lowest BCUT2D eigenvalue weighted by Crippen LogP contribution is -2.24. The topological polar surface area (TPSA) is 49.4 Å². The standard InChI is InChI=1S/C16H24N2O2/c1-12(2)8-7-11-16(20)17-14-9-5-6-10-15(14)18(4)13(3)19/h5-6,9-10,12H,7-8,11H2,1-4H3,(H,17,20). The molecule has 1 N–H and O–H groups in total. The van der Waals surface area contributed by atoms with E-state index in [9.17, 15) is 9.59 Å². The second-order valence-corrected chi connectivity index (χ2v) is 5.43. The van der Waals surface area contributed by atoms with Gasteiger partial charge in [0.1, 0.15) is 0 Å². The molecule has 1 aromatic rings.